The number of amidine groups is 1. The van der Waals surface area contributed by atoms with Crippen molar-refractivity contribution in [3.8, 4) is 0 Å². The number of fused-ring (bicyclic) bond motifs is 2. The molecule has 150 valence electrons. The van der Waals surface area contributed by atoms with Gasteiger partial charge in [-0.3, -0.25) is 9.79 Å². The third kappa shape index (κ3) is 3.00. The molecule has 1 saturated heterocycles. The Labute approximate surface area is 167 Å². The average Bonchev–Trinajstić information content (AvgIpc) is 3.11. The second-order valence-corrected chi connectivity index (χ2v) is 7.78. The Morgan fingerprint density at radius 2 is 2.03 bits per heavy atom. The fourth-order valence-electron chi connectivity index (χ4n) is 4.23. The first-order valence-electron chi connectivity index (χ1n) is 9.79. The number of halogens is 1. The Morgan fingerprint density at radius 3 is 2.83 bits per heavy atom. The maximum Gasteiger partial charge on any atom is 0.261 e. The molecular weight excluding hydrogens is 371 g/mol. The van der Waals surface area contributed by atoms with Gasteiger partial charge in [0.15, 0.2) is 0 Å². The highest BCUT2D eigenvalue weighted by Crippen LogP contribution is 2.27. The van der Waals surface area contributed by atoms with Gasteiger partial charge in [-0.2, -0.15) is 0 Å². The standard InChI is InChI=1S/C21H23FN6O/c1-27-7-9-28(10-8-27)12-5-6-14-16(11-12)25-20(24-14)18-19(23)17-13(22)3-2-4-15(17)26-21(18)29/h2-6,11,14,16H,7-10H2,1H3,(H,24,25)(H3,23,26,29). The molecule has 0 radical (unpaired) electrons. The number of benzene rings is 1. The predicted molar refractivity (Wildman–Crippen MR) is 112 cm³/mol. The number of nitrogens with zero attached hydrogens (tertiary/aromatic N) is 3. The number of pyridine rings is 1. The number of aliphatic imine (C=N–C) groups is 1. The molecule has 29 heavy (non-hydrogen) atoms. The first-order valence-corrected chi connectivity index (χ1v) is 9.79. The zero-order valence-electron chi connectivity index (χ0n) is 16.2. The largest absolute Gasteiger partial charge is 0.397 e. The molecule has 2 aromatic rings. The lowest BCUT2D eigenvalue weighted by atomic mass is 10.0. The van der Waals surface area contributed by atoms with Crippen LogP contribution in [0.3, 0.4) is 0 Å². The van der Waals surface area contributed by atoms with Crippen LogP contribution in [-0.4, -0.2) is 65.9 Å². The van der Waals surface area contributed by atoms with Crippen LogP contribution in [0.15, 0.2) is 51.9 Å². The predicted octanol–water partition coefficient (Wildman–Crippen LogP) is 1.04. The van der Waals surface area contributed by atoms with Crippen molar-refractivity contribution in [1.82, 2.24) is 20.1 Å². The fraction of sp³-hybridized carbons (Fsp3) is 0.333. The van der Waals surface area contributed by atoms with Crippen LogP contribution in [0.4, 0.5) is 10.1 Å². The minimum atomic E-state index is -0.467. The van der Waals surface area contributed by atoms with Gasteiger partial charge in [0, 0.05) is 31.9 Å². The van der Waals surface area contributed by atoms with E-state index in [1.54, 1.807) is 12.1 Å². The normalized spacial score (nSPS) is 24.3. The third-order valence-electron chi connectivity index (χ3n) is 5.90. The van der Waals surface area contributed by atoms with Crippen molar-refractivity contribution in [3.05, 3.63) is 63.9 Å². The zero-order valence-corrected chi connectivity index (χ0v) is 16.2. The van der Waals surface area contributed by atoms with Crippen molar-refractivity contribution in [2.24, 2.45) is 4.99 Å². The first-order chi connectivity index (χ1) is 14.0. The molecule has 2 aliphatic heterocycles. The average molecular weight is 394 g/mol. The number of hydrogen-bond acceptors (Lipinski definition) is 6. The number of aromatic nitrogens is 1. The smallest absolute Gasteiger partial charge is 0.261 e. The van der Waals surface area contributed by atoms with Gasteiger partial charge in [-0.05, 0) is 31.3 Å². The van der Waals surface area contributed by atoms with Gasteiger partial charge in [-0.25, -0.2) is 4.39 Å². The minimum Gasteiger partial charge on any atom is -0.397 e. The Kier molecular flexibility index (Phi) is 4.16. The van der Waals surface area contributed by atoms with Gasteiger partial charge >= 0.3 is 0 Å². The molecule has 2 atom stereocenters. The summed E-state index contributed by atoms with van der Waals surface area (Å²) in [4.78, 5) is 24.7. The maximum absolute atomic E-state index is 14.3. The monoisotopic (exact) mass is 394 g/mol. The van der Waals surface area contributed by atoms with Gasteiger partial charge in [0.05, 0.1) is 28.7 Å². The van der Waals surface area contributed by atoms with E-state index in [-0.39, 0.29) is 34.3 Å². The Morgan fingerprint density at radius 1 is 1.24 bits per heavy atom. The molecule has 7 nitrogen and oxygen atoms in total. The minimum absolute atomic E-state index is 0.0558. The summed E-state index contributed by atoms with van der Waals surface area (Å²) < 4.78 is 14.3. The Bertz CT molecular complexity index is 1130. The molecular formula is C21H23FN6O. The molecule has 2 unspecified atom stereocenters. The molecule has 1 aromatic carbocycles. The molecule has 8 heteroatoms. The van der Waals surface area contributed by atoms with E-state index in [9.17, 15) is 9.18 Å². The molecule has 3 heterocycles. The molecule has 1 aromatic heterocycles. The van der Waals surface area contributed by atoms with Crippen molar-refractivity contribution < 1.29 is 4.39 Å². The van der Waals surface area contributed by atoms with Crippen molar-refractivity contribution in [2.75, 3.05) is 39.0 Å². The van der Waals surface area contributed by atoms with Crippen LogP contribution < -0.4 is 16.6 Å². The fourth-order valence-corrected chi connectivity index (χ4v) is 4.23. The summed E-state index contributed by atoms with van der Waals surface area (Å²) in [7, 11) is 2.13. The highest BCUT2D eigenvalue weighted by molar-refractivity contribution is 6.09. The summed E-state index contributed by atoms with van der Waals surface area (Å²) in [5.41, 5.74) is 7.69. The van der Waals surface area contributed by atoms with E-state index < -0.39 is 5.82 Å². The number of nitrogen functional groups attached to an aromatic ring is 1. The van der Waals surface area contributed by atoms with Crippen molar-refractivity contribution >= 4 is 22.4 Å². The van der Waals surface area contributed by atoms with Gasteiger partial charge in [0.1, 0.15) is 17.2 Å². The zero-order chi connectivity index (χ0) is 20.1. The number of hydrogen-bond donors (Lipinski definition) is 3. The molecule has 0 saturated carbocycles. The quantitative estimate of drug-likeness (QED) is 0.708. The Balaban J connectivity index is 1.46. The van der Waals surface area contributed by atoms with Crippen LogP contribution in [0, 0.1) is 5.82 Å². The molecule has 5 rings (SSSR count). The van der Waals surface area contributed by atoms with Crippen molar-refractivity contribution in [2.45, 2.75) is 12.1 Å². The highest BCUT2D eigenvalue weighted by Gasteiger charge is 2.32. The number of aromatic amines is 1. The number of likely N-dealkylation sites (N-methyl/N-ethyl adjacent to an activating group) is 1. The lowest BCUT2D eigenvalue weighted by Gasteiger charge is -2.36. The van der Waals surface area contributed by atoms with E-state index >= 15 is 0 Å². The van der Waals surface area contributed by atoms with Crippen LogP contribution in [0.25, 0.3) is 10.9 Å². The van der Waals surface area contributed by atoms with Gasteiger partial charge in [-0.1, -0.05) is 12.1 Å². The molecule has 4 N–H and O–H groups in total. The summed E-state index contributed by atoms with van der Waals surface area (Å²) >= 11 is 0. The van der Waals surface area contributed by atoms with Crippen molar-refractivity contribution in [1.29, 1.82) is 0 Å². The molecule has 0 amide bonds. The molecule has 1 aliphatic carbocycles. The Hall–Kier alpha value is -3.13. The molecule has 3 aliphatic rings. The summed E-state index contributed by atoms with van der Waals surface area (Å²) in [5, 5.41) is 3.53. The van der Waals surface area contributed by atoms with Crippen LogP contribution >= 0.6 is 0 Å². The summed E-state index contributed by atoms with van der Waals surface area (Å²) in [6.45, 7) is 4.02. The van der Waals surface area contributed by atoms with E-state index in [1.165, 1.54) is 6.07 Å². The van der Waals surface area contributed by atoms with Gasteiger partial charge < -0.3 is 25.8 Å². The number of piperazine rings is 1. The summed E-state index contributed by atoms with van der Waals surface area (Å²) in [6.07, 6.45) is 6.29. The van der Waals surface area contributed by atoms with Gasteiger partial charge in [-0.15, -0.1) is 0 Å². The SMILES string of the molecule is CN1CCN(C2=CC3NC(c4c(N)c5c(F)cccc5[nH]c4=O)=NC3C=C2)CC1. The van der Waals surface area contributed by atoms with E-state index in [1.807, 2.05) is 6.08 Å². The van der Waals surface area contributed by atoms with Crippen molar-refractivity contribution in [3.63, 3.8) is 0 Å². The topological polar surface area (TPSA) is 89.8 Å². The molecule has 1 fully saturated rings. The summed E-state index contributed by atoms with van der Waals surface area (Å²) in [5.74, 6) is -0.0601. The van der Waals surface area contributed by atoms with Crippen LogP contribution in [0.1, 0.15) is 5.56 Å². The van der Waals surface area contributed by atoms with Gasteiger partial charge in [0.2, 0.25) is 0 Å². The van der Waals surface area contributed by atoms with Crippen LogP contribution in [-0.2, 0) is 0 Å². The van der Waals surface area contributed by atoms with E-state index in [0.29, 0.717) is 11.4 Å². The number of allylic oxidation sites excluding steroid dienone is 1. The first kappa shape index (κ1) is 17.9. The van der Waals surface area contributed by atoms with Crippen LogP contribution in [0.2, 0.25) is 0 Å². The number of anilines is 1. The number of H-pyrrole nitrogens is 1. The lowest BCUT2D eigenvalue weighted by Crippen LogP contribution is -2.45. The van der Waals surface area contributed by atoms with E-state index in [2.05, 4.69) is 44.3 Å². The van der Waals surface area contributed by atoms with E-state index in [0.717, 1.165) is 31.9 Å². The van der Waals surface area contributed by atoms with E-state index in [4.69, 9.17) is 5.73 Å². The number of nitrogens with two attached hydrogens (primary N) is 1. The molecule has 0 spiro atoms. The highest BCUT2D eigenvalue weighted by atomic mass is 19.1. The second-order valence-electron chi connectivity index (χ2n) is 7.78. The summed E-state index contributed by atoms with van der Waals surface area (Å²) in [6, 6.07) is 4.34. The number of rotatable bonds is 2. The maximum atomic E-state index is 14.3. The number of nitrogens with one attached hydrogen (secondary N) is 2. The van der Waals surface area contributed by atoms with Crippen LogP contribution in [0.5, 0.6) is 0 Å². The van der Waals surface area contributed by atoms with Gasteiger partial charge in [0.25, 0.3) is 5.56 Å². The second kappa shape index (κ2) is 6.73. The molecule has 0 bridgehead atoms. The lowest BCUT2D eigenvalue weighted by molar-refractivity contribution is 0.189. The third-order valence-corrected chi connectivity index (χ3v) is 5.90.